The summed E-state index contributed by atoms with van der Waals surface area (Å²) in [6, 6.07) is 5.75. The van der Waals surface area contributed by atoms with Crippen LogP contribution in [0.5, 0.6) is 5.75 Å². The third-order valence-electron chi connectivity index (χ3n) is 2.61. The molecule has 1 aliphatic carbocycles. The maximum atomic E-state index is 5.93. The number of rotatable bonds is 5. The minimum absolute atomic E-state index is 0.625. The summed E-state index contributed by atoms with van der Waals surface area (Å²) in [6.45, 7) is 1.46. The summed E-state index contributed by atoms with van der Waals surface area (Å²) in [6.07, 6.45) is 3.43. The van der Waals surface area contributed by atoms with Crippen LogP contribution in [0, 0.1) is 5.92 Å². The van der Waals surface area contributed by atoms with Crippen molar-refractivity contribution in [2.24, 2.45) is 11.7 Å². The molecule has 0 saturated heterocycles. The molecule has 0 radical (unpaired) electrons. The van der Waals surface area contributed by atoms with E-state index >= 15 is 0 Å². The fraction of sp³-hybridized carbons (Fsp3) is 0.500. The van der Waals surface area contributed by atoms with Gasteiger partial charge in [0.25, 0.3) is 0 Å². The van der Waals surface area contributed by atoms with Gasteiger partial charge in [-0.15, -0.1) is 0 Å². The Morgan fingerprint density at radius 1 is 1.40 bits per heavy atom. The SMILES string of the molecule is NCCc1cc(Cl)ccc1OCC1CC1. The molecule has 15 heavy (non-hydrogen) atoms. The van der Waals surface area contributed by atoms with Gasteiger partial charge in [0.2, 0.25) is 0 Å². The predicted octanol–water partition coefficient (Wildman–Crippen LogP) is 2.63. The van der Waals surface area contributed by atoms with E-state index in [0.29, 0.717) is 6.54 Å². The third kappa shape index (κ3) is 3.11. The summed E-state index contributed by atoms with van der Waals surface area (Å²) in [4.78, 5) is 0. The van der Waals surface area contributed by atoms with Crippen LogP contribution in [-0.2, 0) is 6.42 Å². The van der Waals surface area contributed by atoms with E-state index in [1.807, 2.05) is 18.2 Å². The molecule has 1 aromatic rings. The largest absolute Gasteiger partial charge is 0.493 e. The molecule has 2 N–H and O–H groups in total. The van der Waals surface area contributed by atoms with Crippen molar-refractivity contribution in [3.63, 3.8) is 0 Å². The molecule has 2 rings (SSSR count). The molecular formula is C12H16ClNO. The third-order valence-corrected chi connectivity index (χ3v) is 2.84. The Morgan fingerprint density at radius 3 is 2.87 bits per heavy atom. The van der Waals surface area contributed by atoms with Crippen LogP contribution in [0.2, 0.25) is 5.02 Å². The summed E-state index contributed by atoms with van der Waals surface area (Å²) in [7, 11) is 0. The minimum atomic E-state index is 0.625. The number of nitrogens with two attached hydrogens (primary N) is 1. The zero-order chi connectivity index (χ0) is 10.7. The molecular weight excluding hydrogens is 210 g/mol. The zero-order valence-electron chi connectivity index (χ0n) is 8.71. The molecule has 2 nitrogen and oxygen atoms in total. The van der Waals surface area contributed by atoms with Gasteiger partial charge >= 0.3 is 0 Å². The van der Waals surface area contributed by atoms with Crippen molar-refractivity contribution in [3.05, 3.63) is 28.8 Å². The Balaban J connectivity index is 2.04. The Labute approximate surface area is 95.4 Å². The second-order valence-electron chi connectivity index (χ2n) is 4.05. The zero-order valence-corrected chi connectivity index (χ0v) is 9.46. The molecule has 1 aromatic carbocycles. The quantitative estimate of drug-likeness (QED) is 0.836. The van der Waals surface area contributed by atoms with E-state index in [0.717, 1.165) is 35.3 Å². The van der Waals surface area contributed by atoms with Crippen molar-refractivity contribution in [2.45, 2.75) is 19.3 Å². The lowest BCUT2D eigenvalue weighted by molar-refractivity contribution is 0.297. The Kier molecular flexibility index (Phi) is 3.49. The first-order chi connectivity index (χ1) is 7.29. The Bertz CT molecular complexity index is 336. The van der Waals surface area contributed by atoms with E-state index in [4.69, 9.17) is 22.1 Å². The molecule has 1 fully saturated rings. The van der Waals surface area contributed by atoms with Gasteiger partial charge < -0.3 is 10.5 Å². The van der Waals surface area contributed by atoms with E-state index in [2.05, 4.69) is 0 Å². The van der Waals surface area contributed by atoms with Crippen LogP contribution < -0.4 is 10.5 Å². The molecule has 3 heteroatoms. The molecule has 0 aromatic heterocycles. The van der Waals surface area contributed by atoms with Crippen LogP contribution in [0.15, 0.2) is 18.2 Å². The van der Waals surface area contributed by atoms with Gasteiger partial charge in [0.1, 0.15) is 5.75 Å². The van der Waals surface area contributed by atoms with Crippen LogP contribution >= 0.6 is 11.6 Å². The molecule has 0 unspecified atom stereocenters. The maximum Gasteiger partial charge on any atom is 0.122 e. The fourth-order valence-electron chi connectivity index (χ4n) is 1.53. The standard InChI is InChI=1S/C12H16ClNO/c13-11-3-4-12(10(7-11)5-6-14)15-8-9-1-2-9/h3-4,7,9H,1-2,5-6,8,14H2. The Hall–Kier alpha value is -0.730. The summed E-state index contributed by atoms with van der Waals surface area (Å²) >= 11 is 5.93. The van der Waals surface area contributed by atoms with Gasteiger partial charge in [-0.25, -0.2) is 0 Å². The Morgan fingerprint density at radius 2 is 2.20 bits per heavy atom. The van der Waals surface area contributed by atoms with Gasteiger partial charge in [-0.2, -0.15) is 0 Å². The number of ether oxygens (including phenoxy) is 1. The van der Waals surface area contributed by atoms with Crippen molar-refractivity contribution in [3.8, 4) is 5.75 Å². The van der Waals surface area contributed by atoms with Crippen LogP contribution in [0.1, 0.15) is 18.4 Å². The molecule has 0 heterocycles. The summed E-state index contributed by atoms with van der Waals surface area (Å²) in [5.41, 5.74) is 6.67. The molecule has 0 bridgehead atoms. The van der Waals surface area contributed by atoms with Crippen molar-refractivity contribution in [1.82, 2.24) is 0 Å². The first-order valence-corrected chi connectivity index (χ1v) is 5.78. The van der Waals surface area contributed by atoms with E-state index in [1.54, 1.807) is 0 Å². The second-order valence-corrected chi connectivity index (χ2v) is 4.48. The highest BCUT2D eigenvalue weighted by Crippen LogP contribution is 2.31. The van der Waals surface area contributed by atoms with Crippen LogP contribution in [0.25, 0.3) is 0 Å². The van der Waals surface area contributed by atoms with Gasteiger partial charge in [0, 0.05) is 5.02 Å². The van der Waals surface area contributed by atoms with Crippen molar-refractivity contribution < 1.29 is 4.74 Å². The first-order valence-electron chi connectivity index (χ1n) is 5.41. The number of benzene rings is 1. The highest BCUT2D eigenvalue weighted by Gasteiger charge is 2.22. The first kappa shape index (κ1) is 10.8. The smallest absolute Gasteiger partial charge is 0.122 e. The average Bonchev–Trinajstić information content (AvgIpc) is 3.01. The molecule has 0 spiro atoms. The predicted molar refractivity (Wildman–Crippen MR) is 62.4 cm³/mol. The number of halogens is 1. The normalized spacial score (nSPS) is 15.3. The van der Waals surface area contributed by atoms with Gasteiger partial charge in [-0.05, 0) is 55.5 Å². The van der Waals surface area contributed by atoms with Crippen LogP contribution in [0.4, 0.5) is 0 Å². The average molecular weight is 226 g/mol. The highest BCUT2D eigenvalue weighted by molar-refractivity contribution is 6.30. The lowest BCUT2D eigenvalue weighted by Gasteiger charge is -2.10. The van der Waals surface area contributed by atoms with Gasteiger partial charge in [0.05, 0.1) is 6.61 Å². The van der Waals surface area contributed by atoms with Crippen molar-refractivity contribution >= 4 is 11.6 Å². The molecule has 0 aliphatic heterocycles. The topological polar surface area (TPSA) is 35.2 Å². The van der Waals surface area contributed by atoms with Gasteiger partial charge in [-0.3, -0.25) is 0 Å². The highest BCUT2D eigenvalue weighted by atomic mass is 35.5. The second kappa shape index (κ2) is 4.86. The van der Waals surface area contributed by atoms with Gasteiger partial charge in [0.15, 0.2) is 0 Å². The number of hydrogen-bond donors (Lipinski definition) is 1. The monoisotopic (exact) mass is 225 g/mol. The summed E-state index contributed by atoms with van der Waals surface area (Å²) in [5.74, 6) is 1.71. The van der Waals surface area contributed by atoms with E-state index < -0.39 is 0 Å². The minimum Gasteiger partial charge on any atom is -0.493 e. The van der Waals surface area contributed by atoms with Crippen LogP contribution in [0.3, 0.4) is 0 Å². The van der Waals surface area contributed by atoms with Crippen molar-refractivity contribution in [2.75, 3.05) is 13.2 Å². The fourth-order valence-corrected chi connectivity index (χ4v) is 1.73. The lowest BCUT2D eigenvalue weighted by Crippen LogP contribution is -2.06. The number of hydrogen-bond acceptors (Lipinski definition) is 2. The maximum absolute atomic E-state index is 5.93. The molecule has 0 atom stereocenters. The summed E-state index contributed by atoms with van der Waals surface area (Å²) < 4.78 is 5.75. The van der Waals surface area contributed by atoms with E-state index in [9.17, 15) is 0 Å². The van der Waals surface area contributed by atoms with Crippen molar-refractivity contribution in [1.29, 1.82) is 0 Å². The molecule has 82 valence electrons. The van der Waals surface area contributed by atoms with E-state index in [-0.39, 0.29) is 0 Å². The van der Waals surface area contributed by atoms with Gasteiger partial charge in [-0.1, -0.05) is 11.6 Å². The van der Waals surface area contributed by atoms with Crippen LogP contribution in [-0.4, -0.2) is 13.2 Å². The summed E-state index contributed by atoms with van der Waals surface area (Å²) in [5, 5.41) is 0.747. The molecule has 1 aliphatic rings. The molecule has 0 amide bonds. The van der Waals surface area contributed by atoms with E-state index in [1.165, 1.54) is 12.8 Å². The molecule has 1 saturated carbocycles. The lowest BCUT2D eigenvalue weighted by atomic mass is 10.1.